The zero-order valence-corrected chi connectivity index (χ0v) is 13.2. The largest absolute Gasteiger partial charge is 0.508 e. The summed E-state index contributed by atoms with van der Waals surface area (Å²) in [5.74, 6) is 2.03. The summed E-state index contributed by atoms with van der Waals surface area (Å²) in [7, 11) is 1.91. The van der Waals surface area contributed by atoms with E-state index in [0.717, 1.165) is 36.2 Å². The van der Waals surface area contributed by atoms with Gasteiger partial charge in [0.2, 0.25) is 0 Å². The molecule has 1 saturated heterocycles. The summed E-state index contributed by atoms with van der Waals surface area (Å²) in [6.45, 7) is 8.90. The Balaban J connectivity index is 2.06. The van der Waals surface area contributed by atoms with E-state index in [-0.39, 0.29) is 6.04 Å². The molecule has 1 aliphatic heterocycles. The maximum Gasteiger partial charge on any atom is 0.122 e. The Kier molecular flexibility index (Phi) is 4.92. The van der Waals surface area contributed by atoms with Crippen LogP contribution in [0.1, 0.15) is 45.2 Å². The van der Waals surface area contributed by atoms with Crippen molar-refractivity contribution in [3.8, 4) is 5.75 Å². The summed E-state index contributed by atoms with van der Waals surface area (Å²) in [5, 5.41) is 13.4. The van der Waals surface area contributed by atoms with E-state index in [4.69, 9.17) is 0 Å². The first-order chi connectivity index (χ1) is 9.52. The molecule has 0 aliphatic carbocycles. The Morgan fingerprint density at radius 1 is 1.20 bits per heavy atom. The Bertz CT molecular complexity index is 437. The van der Waals surface area contributed by atoms with E-state index in [1.54, 1.807) is 0 Å². The Morgan fingerprint density at radius 3 is 2.35 bits per heavy atom. The number of benzene rings is 1. The van der Waals surface area contributed by atoms with Gasteiger partial charge in [0.05, 0.1) is 0 Å². The first-order valence-corrected chi connectivity index (χ1v) is 7.78. The summed E-state index contributed by atoms with van der Waals surface area (Å²) >= 11 is 0. The van der Waals surface area contributed by atoms with E-state index in [0.29, 0.717) is 5.75 Å². The van der Waals surface area contributed by atoms with Crippen molar-refractivity contribution in [2.75, 3.05) is 25.0 Å². The average Bonchev–Trinajstić information content (AvgIpc) is 2.46. The van der Waals surface area contributed by atoms with Crippen molar-refractivity contribution in [1.29, 1.82) is 0 Å². The summed E-state index contributed by atoms with van der Waals surface area (Å²) in [6, 6.07) is 6.27. The maximum absolute atomic E-state index is 10.2. The molecular formula is C17H28N2O. The molecular weight excluding hydrogens is 248 g/mol. The predicted octanol–water partition coefficient (Wildman–Crippen LogP) is 3.55. The van der Waals surface area contributed by atoms with Gasteiger partial charge in [-0.2, -0.15) is 0 Å². The van der Waals surface area contributed by atoms with Crippen LogP contribution < -0.4 is 10.2 Å². The van der Waals surface area contributed by atoms with Gasteiger partial charge >= 0.3 is 0 Å². The van der Waals surface area contributed by atoms with Crippen molar-refractivity contribution in [1.82, 2.24) is 5.32 Å². The SMILES string of the molecule is CNC(C)c1ccc(N2CCC(C(C)C)CC2)cc1O. The third-order valence-electron chi connectivity index (χ3n) is 4.76. The highest BCUT2D eigenvalue weighted by Gasteiger charge is 2.22. The van der Waals surface area contributed by atoms with Gasteiger partial charge in [-0.3, -0.25) is 0 Å². The predicted molar refractivity (Wildman–Crippen MR) is 85.4 cm³/mol. The number of phenols is 1. The number of aromatic hydroxyl groups is 1. The molecule has 20 heavy (non-hydrogen) atoms. The lowest BCUT2D eigenvalue weighted by molar-refractivity contribution is 0.311. The standard InChI is InChI=1S/C17H28N2O/c1-12(2)14-7-9-19(10-8-14)15-5-6-16(13(3)18-4)17(20)11-15/h5-6,11-14,18,20H,7-10H2,1-4H3. The van der Waals surface area contributed by atoms with Gasteiger partial charge in [0, 0.05) is 36.4 Å². The Labute approximate surface area is 123 Å². The molecule has 2 rings (SSSR count). The van der Waals surface area contributed by atoms with Gasteiger partial charge in [-0.25, -0.2) is 0 Å². The molecule has 0 saturated carbocycles. The normalized spacial score (nSPS) is 18.6. The van der Waals surface area contributed by atoms with Crippen LogP contribution in [0.3, 0.4) is 0 Å². The monoisotopic (exact) mass is 276 g/mol. The first kappa shape index (κ1) is 15.2. The second-order valence-electron chi connectivity index (χ2n) is 6.32. The smallest absolute Gasteiger partial charge is 0.122 e. The topological polar surface area (TPSA) is 35.5 Å². The maximum atomic E-state index is 10.2. The third kappa shape index (κ3) is 3.26. The molecule has 0 amide bonds. The van der Waals surface area contributed by atoms with Crippen molar-refractivity contribution in [3.05, 3.63) is 23.8 Å². The van der Waals surface area contributed by atoms with E-state index in [1.165, 1.54) is 12.8 Å². The number of nitrogens with zero attached hydrogens (tertiary/aromatic N) is 1. The van der Waals surface area contributed by atoms with Gasteiger partial charge in [-0.1, -0.05) is 19.9 Å². The number of piperidine rings is 1. The lowest BCUT2D eigenvalue weighted by Crippen LogP contribution is -2.35. The number of hydrogen-bond donors (Lipinski definition) is 2. The number of rotatable bonds is 4. The molecule has 112 valence electrons. The number of anilines is 1. The summed E-state index contributed by atoms with van der Waals surface area (Å²) < 4.78 is 0. The summed E-state index contributed by atoms with van der Waals surface area (Å²) in [5.41, 5.74) is 2.12. The fourth-order valence-electron chi connectivity index (χ4n) is 3.07. The Hall–Kier alpha value is -1.22. The number of hydrogen-bond acceptors (Lipinski definition) is 3. The zero-order chi connectivity index (χ0) is 14.7. The van der Waals surface area contributed by atoms with Crippen molar-refractivity contribution < 1.29 is 5.11 Å². The van der Waals surface area contributed by atoms with Gasteiger partial charge in [0.1, 0.15) is 5.75 Å². The number of nitrogens with one attached hydrogen (secondary N) is 1. The lowest BCUT2D eigenvalue weighted by atomic mass is 9.86. The molecule has 0 radical (unpaired) electrons. The van der Waals surface area contributed by atoms with Crippen LogP contribution in [0.2, 0.25) is 0 Å². The van der Waals surface area contributed by atoms with Crippen LogP contribution >= 0.6 is 0 Å². The average molecular weight is 276 g/mol. The number of phenolic OH excluding ortho intramolecular Hbond substituents is 1. The van der Waals surface area contributed by atoms with Crippen molar-refractivity contribution >= 4 is 5.69 Å². The highest BCUT2D eigenvalue weighted by Crippen LogP contribution is 2.32. The molecule has 1 aromatic rings. The molecule has 3 nitrogen and oxygen atoms in total. The van der Waals surface area contributed by atoms with E-state index >= 15 is 0 Å². The summed E-state index contributed by atoms with van der Waals surface area (Å²) in [4.78, 5) is 2.40. The second kappa shape index (κ2) is 6.49. The minimum atomic E-state index is 0.177. The van der Waals surface area contributed by atoms with Gasteiger partial charge in [-0.15, -0.1) is 0 Å². The molecule has 1 atom stereocenters. The van der Waals surface area contributed by atoms with Gasteiger partial charge in [0.25, 0.3) is 0 Å². The summed E-state index contributed by atoms with van der Waals surface area (Å²) in [6.07, 6.45) is 2.51. The van der Waals surface area contributed by atoms with Gasteiger partial charge < -0.3 is 15.3 Å². The molecule has 1 fully saturated rings. The fourth-order valence-corrected chi connectivity index (χ4v) is 3.07. The van der Waals surface area contributed by atoms with Crippen LogP contribution in [0.4, 0.5) is 5.69 Å². The molecule has 2 N–H and O–H groups in total. The van der Waals surface area contributed by atoms with Crippen LogP contribution in [-0.4, -0.2) is 25.2 Å². The fraction of sp³-hybridized carbons (Fsp3) is 0.647. The quantitative estimate of drug-likeness (QED) is 0.883. The molecule has 1 aliphatic rings. The molecule has 3 heteroatoms. The highest BCUT2D eigenvalue weighted by atomic mass is 16.3. The van der Waals surface area contributed by atoms with Crippen LogP contribution in [0, 0.1) is 11.8 Å². The van der Waals surface area contributed by atoms with Crippen molar-refractivity contribution in [2.45, 2.75) is 39.7 Å². The van der Waals surface area contributed by atoms with Crippen LogP contribution in [0.15, 0.2) is 18.2 Å². The van der Waals surface area contributed by atoms with Crippen LogP contribution in [-0.2, 0) is 0 Å². The van der Waals surface area contributed by atoms with Crippen molar-refractivity contribution in [3.63, 3.8) is 0 Å². The van der Waals surface area contributed by atoms with E-state index in [1.807, 2.05) is 19.2 Å². The van der Waals surface area contributed by atoms with E-state index < -0.39 is 0 Å². The van der Waals surface area contributed by atoms with Crippen LogP contribution in [0.25, 0.3) is 0 Å². The first-order valence-electron chi connectivity index (χ1n) is 7.78. The Morgan fingerprint density at radius 2 is 1.85 bits per heavy atom. The minimum Gasteiger partial charge on any atom is -0.508 e. The zero-order valence-electron chi connectivity index (χ0n) is 13.2. The molecule has 1 unspecified atom stereocenters. The van der Waals surface area contributed by atoms with Crippen LogP contribution in [0.5, 0.6) is 5.75 Å². The van der Waals surface area contributed by atoms with E-state index in [9.17, 15) is 5.11 Å². The van der Waals surface area contributed by atoms with E-state index in [2.05, 4.69) is 37.1 Å². The molecule has 0 spiro atoms. The molecule has 1 heterocycles. The minimum absolute atomic E-state index is 0.177. The van der Waals surface area contributed by atoms with Crippen molar-refractivity contribution in [2.24, 2.45) is 11.8 Å². The van der Waals surface area contributed by atoms with Gasteiger partial charge in [0.15, 0.2) is 0 Å². The van der Waals surface area contributed by atoms with Gasteiger partial charge in [-0.05, 0) is 44.7 Å². The lowest BCUT2D eigenvalue weighted by Gasteiger charge is -2.35. The molecule has 0 bridgehead atoms. The second-order valence-corrected chi connectivity index (χ2v) is 6.32. The highest BCUT2D eigenvalue weighted by molar-refractivity contribution is 5.54. The third-order valence-corrected chi connectivity index (χ3v) is 4.76. The molecule has 1 aromatic carbocycles. The molecule has 0 aromatic heterocycles.